The summed E-state index contributed by atoms with van der Waals surface area (Å²) in [6.07, 6.45) is 0.941. The Morgan fingerprint density at radius 1 is 1.18 bits per heavy atom. The summed E-state index contributed by atoms with van der Waals surface area (Å²) in [5.41, 5.74) is 0. The van der Waals surface area contributed by atoms with Crippen LogP contribution in [-0.2, 0) is 14.8 Å². The summed E-state index contributed by atoms with van der Waals surface area (Å²) in [5.74, 6) is 0. The second-order valence-electron chi connectivity index (χ2n) is 4.30. The molecular formula is C9H17N3O4S. The molecule has 0 aromatic heterocycles. The van der Waals surface area contributed by atoms with Crippen molar-refractivity contribution in [3.8, 4) is 0 Å². The zero-order valence-corrected chi connectivity index (χ0v) is 10.6. The van der Waals surface area contributed by atoms with Crippen molar-refractivity contribution in [3.05, 3.63) is 0 Å². The largest absolute Gasteiger partial charge is 0.447 e. The zero-order valence-electron chi connectivity index (χ0n) is 9.83. The maximum absolute atomic E-state index is 11.3. The molecular weight excluding hydrogens is 246 g/mol. The first-order valence-corrected chi connectivity index (χ1v) is 7.41. The van der Waals surface area contributed by atoms with Crippen LogP contribution in [0.25, 0.3) is 0 Å². The lowest BCUT2D eigenvalue weighted by molar-refractivity contribution is 0.110. The molecule has 0 aromatic carbocycles. The fourth-order valence-electron chi connectivity index (χ4n) is 2.00. The van der Waals surface area contributed by atoms with E-state index in [0.29, 0.717) is 46.0 Å². The fourth-order valence-corrected chi connectivity index (χ4v) is 2.82. The molecule has 2 saturated heterocycles. The molecule has 0 N–H and O–H groups in total. The third-order valence-corrected chi connectivity index (χ3v) is 4.32. The van der Waals surface area contributed by atoms with E-state index in [1.165, 1.54) is 10.6 Å². The number of hydrogen-bond acceptors (Lipinski definition) is 5. The van der Waals surface area contributed by atoms with E-state index in [1.807, 2.05) is 0 Å². The average Bonchev–Trinajstić information content (AvgIpc) is 2.64. The Hall–Kier alpha value is -0.860. The van der Waals surface area contributed by atoms with Gasteiger partial charge in [-0.3, -0.25) is 9.80 Å². The number of piperazine rings is 1. The van der Waals surface area contributed by atoms with Crippen LogP contribution >= 0.6 is 0 Å². The van der Waals surface area contributed by atoms with Crippen LogP contribution in [0.4, 0.5) is 4.79 Å². The van der Waals surface area contributed by atoms with Crippen molar-refractivity contribution in [2.75, 3.05) is 52.3 Å². The summed E-state index contributed by atoms with van der Waals surface area (Å²) < 4.78 is 28.9. The van der Waals surface area contributed by atoms with E-state index in [1.54, 1.807) is 4.90 Å². The molecule has 8 heteroatoms. The third-order valence-electron chi connectivity index (χ3n) is 3.02. The number of rotatable bonds is 3. The van der Waals surface area contributed by atoms with E-state index in [9.17, 15) is 13.2 Å². The van der Waals surface area contributed by atoms with Gasteiger partial charge in [-0.15, -0.1) is 0 Å². The van der Waals surface area contributed by atoms with Gasteiger partial charge in [0.15, 0.2) is 0 Å². The first kappa shape index (κ1) is 12.6. The fraction of sp³-hybridized carbons (Fsp3) is 0.889. The summed E-state index contributed by atoms with van der Waals surface area (Å²) in [4.78, 5) is 14.9. The van der Waals surface area contributed by atoms with E-state index in [-0.39, 0.29) is 6.09 Å². The number of sulfonamides is 1. The summed E-state index contributed by atoms with van der Waals surface area (Å²) in [7, 11) is -3.09. The van der Waals surface area contributed by atoms with E-state index < -0.39 is 10.0 Å². The zero-order chi connectivity index (χ0) is 12.5. The maximum Gasteiger partial charge on any atom is 0.410 e. The molecule has 0 spiro atoms. The molecule has 17 heavy (non-hydrogen) atoms. The highest BCUT2D eigenvalue weighted by atomic mass is 32.2. The minimum absolute atomic E-state index is 0.282. The number of carbonyl (C=O) groups is 1. The topological polar surface area (TPSA) is 70.2 Å². The number of ether oxygens (including phenoxy) is 1. The molecule has 2 aliphatic rings. The van der Waals surface area contributed by atoms with Gasteiger partial charge in [0.25, 0.3) is 0 Å². The van der Waals surface area contributed by atoms with Gasteiger partial charge in [-0.05, 0) is 0 Å². The molecule has 0 aromatic rings. The first-order chi connectivity index (χ1) is 7.97. The Labute approximate surface area is 101 Å². The van der Waals surface area contributed by atoms with Crippen LogP contribution in [0, 0.1) is 0 Å². The minimum atomic E-state index is -3.09. The Kier molecular flexibility index (Phi) is 3.55. The Bertz CT molecular complexity index is 389. The Balaban J connectivity index is 1.81. The van der Waals surface area contributed by atoms with Gasteiger partial charge in [0, 0.05) is 26.2 Å². The van der Waals surface area contributed by atoms with Gasteiger partial charge in [0.2, 0.25) is 10.0 Å². The van der Waals surface area contributed by atoms with E-state index in [4.69, 9.17) is 4.74 Å². The number of nitrogens with zero attached hydrogens (tertiary/aromatic N) is 3. The van der Waals surface area contributed by atoms with Gasteiger partial charge >= 0.3 is 6.09 Å². The van der Waals surface area contributed by atoms with Crippen molar-refractivity contribution < 1.29 is 17.9 Å². The molecule has 98 valence electrons. The number of cyclic esters (lactones) is 1. The lowest BCUT2D eigenvalue weighted by Gasteiger charge is -2.34. The van der Waals surface area contributed by atoms with Crippen molar-refractivity contribution in [1.29, 1.82) is 0 Å². The summed E-state index contributed by atoms with van der Waals surface area (Å²) in [6.45, 7) is 3.86. The summed E-state index contributed by atoms with van der Waals surface area (Å²) >= 11 is 0. The van der Waals surface area contributed by atoms with Crippen LogP contribution in [0.5, 0.6) is 0 Å². The second-order valence-corrected chi connectivity index (χ2v) is 6.28. The average molecular weight is 263 g/mol. The standard InChI is InChI=1S/C9H17N3O4S/c1-17(14,15)12-4-2-10(3-5-12)8-11-6-7-16-9(11)13/h2-8H2,1H3. The molecule has 2 heterocycles. The van der Waals surface area contributed by atoms with Crippen molar-refractivity contribution in [2.24, 2.45) is 0 Å². The van der Waals surface area contributed by atoms with E-state index in [2.05, 4.69) is 4.90 Å². The molecule has 7 nitrogen and oxygen atoms in total. The van der Waals surface area contributed by atoms with Crippen molar-refractivity contribution >= 4 is 16.1 Å². The van der Waals surface area contributed by atoms with Gasteiger partial charge in [-0.25, -0.2) is 13.2 Å². The Morgan fingerprint density at radius 3 is 2.29 bits per heavy atom. The minimum Gasteiger partial charge on any atom is -0.447 e. The third kappa shape index (κ3) is 3.08. The van der Waals surface area contributed by atoms with Crippen LogP contribution in [0.1, 0.15) is 0 Å². The predicted octanol–water partition coefficient (Wildman–Crippen LogP) is -1.03. The second kappa shape index (κ2) is 4.79. The van der Waals surface area contributed by atoms with Crippen LogP contribution in [0.3, 0.4) is 0 Å². The molecule has 0 saturated carbocycles. The lowest BCUT2D eigenvalue weighted by Crippen LogP contribution is -2.51. The Morgan fingerprint density at radius 2 is 1.82 bits per heavy atom. The number of hydrogen-bond donors (Lipinski definition) is 0. The van der Waals surface area contributed by atoms with Crippen molar-refractivity contribution in [1.82, 2.24) is 14.1 Å². The molecule has 0 bridgehead atoms. The molecule has 2 aliphatic heterocycles. The van der Waals surface area contributed by atoms with Gasteiger partial charge in [-0.2, -0.15) is 4.31 Å². The van der Waals surface area contributed by atoms with Crippen LogP contribution in [-0.4, -0.2) is 80.9 Å². The molecule has 2 rings (SSSR count). The first-order valence-electron chi connectivity index (χ1n) is 5.56. The molecule has 0 aliphatic carbocycles. The van der Waals surface area contributed by atoms with Crippen molar-refractivity contribution in [2.45, 2.75) is 0 Å². The van der Waals surface area contributed by atoms with Crippen LogP contribution in [0.2, 0.25) is 0 Å². The predicted molar refractivity (Wildman–Crippen MR) is 60.9 cm³/mol. The molecule has 2 fully saturated rings. The van der Waals surface area contributed by atoms with Gasteiger partial charge < -0.3 is 4.74 Å². The van der Waals surface area contributed by atoms with Crippen LogP contribution in [0.15, 0.2) is 0 Å². The summed E-state index contributed by atoms with van der Waals surface area (Å²) in [5, 5.41) is 0. The molecule has 0 atom stereocenters. The van der Waals surface area contributed by atoms with Crippen LogP contribution < -0.4 is 0 Å². The normalized spacial score (nSPS) is 24.1. The number of amides is 1. The highest BCUT2D eigenvalue weighted by Crippen LogP contribution is 2.09. The highest BCUT2D eigenvalue weighted by molar-refractivity contribution is 7.88. The van der Waals surface area contributed by atoms with Crippen molar-refractivity contribution in [3.63, 3.8) is 0 Å². The quantitative estimate of drug-likeness (QED) is 0.651. The highest BCUT2D eigenvalue weighted by Gasteiger charge is 2.28. The monoisotopic (exact) mass is 263 g/mol. The van der Waals surface area contributed by atoms with E-state index >= 15 is 0 Å². The molecule has 0 unspecified atom stereocenters. The smallest absolute Gasteiger partial charge is 0.410 e. The maximum atomic E-state index is 11.3. The molecule has 0 radical (unpaired) electrons. The number of carbonyl (C=O) groups excluding carboxylic acids is 1. The van der Waals surface area contributed by atoms with Gasteiger partial charge in [0.1, 0.15) is 6.61 Å². The van der Waals surface area contributed by atoms with E-state index in [0.717, 1.165) is 0 Å². The SMILES string of the molecule is CS(=O)(=O)N1CCN(CN2CCOC2=O)CC1. The molecule has 1 amide bonds. The summed E-state index contributed by atoms with van der Waals surface area (Å²) in [6, 6.07) is 0. The lowest BCUT2D eigenvalue weighted by atomic mass is 10.4. The van der Waals surface area contributed by atoms with Gasteiger partial charge in [0.05, 0.1) is 19.5 Å². The van der Waals surface area contributed by atoms with Gasteiger partial charge in [-0.1, -0.05) is 0 Å².